The third kappa shape index (κ3) is 4.72. The van der Waals surface area contributed by atoms with Crippen LogP contribution in [0.15, 0.2) is 48.7 Å². The van der Waals surface area contributed by atoms with Crippen LogP contribution < -0.4 is 5.32 Å². The van der Waals surface area contributed by atoms with Gasteiger partial charge >= 0.3 is 5.97 Å². The summed E-state index contributed by atoms with van der Waals surface area (Å²) in [4.78, 5) is 26.6. The van der Waals surface area contributed by atoms with Gasteiger partial charge in [0.2, 0.25) is 5.91 Å². The number of nitrogens with one attached hydrogen (secondary N) is 1. The molecule has 0 spiro atoms. The Morgan fingerprint density at radius 1 is 1.14 bits per heavy atom. The van der Waals surface area contributed by atoms with Gasteiger partial charge in [0.05, 0.1) is 17.8 Å². The molecule has 5 nitrogen and oxygen atoms in total. The molecule has 1 aromatic carbocycles. The van der Waals surface area contributed by atoms with Crippen LogP contribution in [0, 0.1) is 0 Å². The van der Waals surface area contributed by atoms with Crippen LogP contribution in [0.5, 0.6) is 0 Å². The van der Waals surface area contributed by atoms with E-state index in [1.807, 2.05) is 30.3 Å². The van der Waals surface area contributed by atoms with Gasteiger partial charge in [0.25, 0.3) is 0 Å². The van der Waals surface area contributed by atoms with Crippen molar-refractivity contribution in [2.24, 2.45) is 0 Å². The summed E-state index contributed by atoms with van der Waals surface area (Å²) in [5.74, 6) is -1.09. The Balaban J connectivity index is 1.81. The van der Waals surface area contributed by atoms with Crippen molar-refractivity contribution in [1.29, 1.82) is 0 Å². The Morgan fingerprint density at radius 3 is 2.62 bits per heavy atom. The third-order valence-electron chi connectivity index (χ3n) is 3.01. The molecule has 0 atom stereocenters. The fourth-order valence-electron chi connectivity index (χ4n) is 1.89. The van der Waals surface area contributed by atoms with E-state index in [1.54, 1.807) is 0 Å². The number of carboxylic acids is 1. The van der Waals surface area contributed by atoms with E-state index in [9.17, 15) is 9.59 Å². The van der Waals surface area contributed by atoms with Gasteiger partial charge in [-0.05, 0) is 24.1 Å². The first-order valence-corrected chi connectivity index (χ1v) is 6.64. The first-order chi connectivity index (χ1) is 10.1. The van der Waals surface area contributed by atoms with E-state index in [-0.39, 0.29) is 18.0 Å². The SMILES string of the molecule is O=C(CCc1ccccc1)NCc1cc(C(=O)O)ccn1. The molecule has 2 aromatic rings. The molecule has 1 heterocycles. The Morgan fingerprint density at radius 2 is 1.90 bits per heavy atom. The summed E-state index contributed by atoms with van der Waals surface area (Å²) in [6.07, 6.45) is 2.49. The summed E-state index contributed by atoms with van der Waals surface area (Å²) in [6, 6.07) is 12.6. The van der Waals surface area contributed by atoms with Gasteiger partial charge in [0, 0.05) is 12.6 Å². The van der Waals surface area contributed by atoms with Crippen molar-refractivity contribution in [3.8, 4) is 0 Å². The summed E-state index contributed by atoms with van der Waals surface area (Å²) in [5, 5.41) is 11.6. The Labute approximate surface area is 122 Å². The lowest BCUT2D eigenvalue weighted by atomic mass is 10.1. The van der Waals surface area contributed by atoms with E-state index in [2.05, 4.69) is 10.3 Å². The summed E-state index contributed by atoms with van der Waals surface area (Å²) >= 11 is 0. The van der Waals surface area contributed by atoms with Crippen LogP contribution in [-0.4, -0.2) is 22.0 Å². The van der Waals surface area contributed by atoms with Crippen LogP contribution in [0.2, 0.25) is 0 Å². The predicted octanol–water partition coefficient (Wildman–Crippen LogP) is 2.03. The normalized spacial score (nSPS) is 10.1. The van der Waals surface area contributed by atoms with Crippen LogP contribution in [0.3, 0.4) is 0 Å². The average molecular weight is 284 g/mol. The summed E-state index contributed by atoms with van der Waals surface area (Å²) in [5.41, 5.74) is 1.81. The number of benzene rings is 1. The molecule has 5 heteroatoms. The number of carbonyl (C=O) groups is 2. The molecule has 2 rings (SSSR count). The van der Waals surface area contributed by atoms with E-state index in [1.165, 1.54) is 18.3 Å². The first-order valence-electron chi connectivity index (χ1n) is 6.64. The van der Waals surface area contributed by atoms with Crippen molar-refractivity contribution in [2.75, 3.05) is 0 Å². The Bertz CT molecular complexity index is 626. The maximum absolute atomic E-state index is 11.8. The Hall–Kier alpha value is -2.69. The molecule has 0 aliphatic heterocycles. The van der Waals surface area contributed by atoms with E-state index < -0.39 is 5.97 Å². The van der Waals surface area contributed by atoms with Crippen LogP contribution in [0.1, 0.15) is 28.0 Å². The summed E-state index contributed by atoms with van der Waals surface area (Å²) in [6.45, 7) is 0.231. The van der Waals surface area contributed by atoms with Gasteiger partial charge < -0.3 is 10.4 Å². The quantitative estimate of drug-likeness (QED) is 0.850. The molecule has 0 fully saturated rings. The number of nitrogens with zero attached hydrogens (tertiary/aromatic N) is 1. The Kier molecular flexibility index (Phi) is 5.04. The van der Waals surface area contributed by atoms with Crippen LogP contribution in [0.4, 0.5) is 0 Å². The van der Waals surface area contributed by atoms with Crippen LogP contribution in [0.25, 0.3) is 0 Å². The third-order valence-corrected chi connectivity index (χ3v) is 3.01. The largest absolute Gasteiger partial charge is 0.478 e. The second kappa shape index (κ2) is 7.19. The first kappa shape index (κ1) is 14.7. The molecular formula is C16H16N2O3. The molecule has 108 valence electrons. The van der Waals surface area contributed by atoms with Gasteiger partial charge in [-0.3, -0.25) is 9.78 Å². The van der Waals surface area contributed by atoms with Crippen molar-refractivity contribution < 1.29 is 14.7 Å². The average Bonchev–Trinajstić information content (AvgIpc) is 2.52. The zero-order chi connectivity index (χ0) is 15.1. The van der Waals surface area contributed by atoms with Crippen molar-refractivity contribution in [2.45, 2.75) is 19.4 Å². The molecule has 1 aromatic heterocycles. The van der Waals surface area contributed by atoms with E-state index in [0.717, 1.165) is 5.56 Å². The molecule has 0 radical (unpaired) electrons. The smallest absolute Gasteiger partial charge is 0.335 e. The number of carboxylic acid groups (broad SMARTS) is 1. The number of aromatic carboxylic acids is 1. The highest BCUT2D eigenvalue weighted by Gasteiger charge is 2.06. The second-order valence-electron chi connectivity index (χ2n) is 4.60. The lowest BCUT2D eigenvalue weighted by molar-refractivity contribution is -0.121. The minimum Gasteiger partial charge on any atom is -0.478 e. The predicted molar refractivity (Wildman–Crippen MR) is 77.8 cm³/mol. The van der Waals surface area contributed by atoms with Gasteiger partial charge in [-0.15, -0.1) is 0 Å². The molecule has 0 saturated carbocycles. The van der Waals surface area contributed by atoms with Gasteiger partial charge in [0.15, 0.2) is 0 Å². The molecule has 0 saturated heterocycles. The fraction of sp³-hybridized carbons (Fsp3) is 0.188. The van der Waals surface area contributed by atoms with E-state index in [4.69, 9.17) is 5.11 Å². The lowest BCUT2D eigenvalue weighted by Crippen LogP contribution is -2.23. The number of hydrogen-bond acceptors (Lipinski definition) is 3. The summed E-state index contributed by atoms with van der Waals surface area (Å²) < 4.78 is 0. The second-order valence-corrected chi connectivity index (χ2v) is 4.60. The highest BCUT2D eigenvalue weighted by atomic mass is 16.4. The zero-order valence-corrected chi connectivity index (χ0v) is 11.5. The van der Waals surface area contributed by atoms with Crippen LogP contribution in [-0.2, 0) is 17.8 Å². The highest BCUT2D eigenvalue weighted by Crippen LogP contribution is 2.04. The monoisotopic (exact) mass is 284 g/mol. The van der Waals surface area contributed by atoms with Crippen molar-refractivity contribution in [3.05, 3.63) is 65.5 Å². The zero-order valence-electron chi connectivity index (χ0n) is 11.5. The topological polar surface area (TPSA) is 79.3 Å². The molecule has 21 heavy (non-hydrogen) atoms. The molecule has 0 bridgehead atoms. The molecule has 1 amide bonds. The minimum absolute atomic E-state index is 0.0821. The summed E-state index contributed by atoms with van der Waals surface area (Å²) in [7, 11) is 0. The number of amides is 1. The molecule has 0 aliphatic carbocycles. The van der Waals surface area contributed by atoms with Gasteiger partial charge in [-0.2, -0.15) is 0 Å². The highest BCUT2D eigenvalue weighted by molar-refractivity contribution is 5.87. The van der Waals surface area contributed by atoms with Gasteiger partial charge in [-0.25, -0.2) is 4.79 Å². The molecule has 0 aliphatic rings. The number of pyridine rings is 1. The maximum Gasteiger partial charge on any atom is 0.335 e. The molecular weight excluding hydrogens is 268 g/mol. The van der Waals surface area contributed by atoms with E-state index >= 15 is 0 Å². The fourth-order valence-corrected chi connectivity index (χ4v) is 1.89. The molecule has 0 unspecified atom stereocenters. The van der Waals surface area contributed by atoms with E-state index in [0.29, 0.717) is 18.5 Å². The number of carbonyl (C=O) groups excluding carboxylic acids is 1. The van der Waals surface area contributed by atoms with Crippen molar-refractivity contribution in [3.63, 3.8) is 0 Å². The van der Waals surface area contributed by atoms with Crippen LogP contribution >= 0.6 is 0 Å². The number of hydrogen-bond donors (Lipinski definition) is 2. The molecule has 2 N–H and O–H groups in total. The lowest BCUT2D eigenvalue weighted by Gasteiger charge is -2.05. The minimum atomic E-state index is -1.01. The number of aryl methyl sites for hydroxylation is 1. The van der Waals surface area contributed by atoms with Crippen molar-refractivity contribution in [1.82, 2.24) is 10.3 Å². The standard InChI is InChI=1S/C16H16N2O3/c19-15(7-6-12-4-2-1-3-5-12)18-11-14-10-13(16(20)21)8-9-17-14/h1-5,8-10H,6-7,11H2,(H,18,19)(H,20,21). The number of rotatable bonds is 6. The van der Waals surface area contributed by atoms with Gasteiger partial charge in [0.1, 0.15) is 0 Å². The number of aromatic nitrogens is 1. The van der Waals surface area contributed by atoms with Crippen molar-refractivity contribution >= 4 is 11.9 Å². The maximum atomic E-state index is 11.8. The van der Waals surface area contributed by atoms with Gasteiger partial charge in [-0.1, -0.05) is 30.3 Å².